The SMILES string of the molecule is N#CCc1ccc(Br)cc1.[Na]. The Morgan fingerprint density at radius 2 is 1.82 bits per heavy atom. The standard InChI is InChI=1S/C8H6BrN.Na/c9-8-3-1-7(2-4-8)5-6-10;/h1-4H,5H2;. The first-order valence-electron chi connectivity index (χ1n) is 2.94. The molecule has 1 nitrogen and oxygen atoms in total. The molecule has 0 aliphatic carbocycles. The Morgan fingerprint density at radius 3 is 2.27 bits per heavy atom. The van der Waals surface area contributed by atoms with Crippen molar-refractivity contribution in [3.05, 3.63) is 34.3 Å². The third-order valence-corrected chi connectivity index (χ3v) is 1.73. The molecule has 0 spiro atoms. The van der Waals surface area contributed by atoms with Gasteiger partial charge in [-0.15, -0.1) is 0 Å². The van der Waals surface area contributed by atoms with Gasteiger partial charge in [-0.05, 0) is 17.7 Å². The van der Waals surface area contributed by atoms with Crippen LogP contribution in [0.1, 0.15) is 5.56 Å². The number of benzene rings is 1. The molecule has 1 aromatic rings. The molecule has 3 heteroatoms. The van der Waals surface area contributed by atoms with Gasteiger partial charge in [-0.3, -0.25) is 0 Å². The number of nitriles is 1. The van der Waals surface area contributed by atoms with Gasteiger partial charge in [0.1, 0.15) is 0 Å². The molecule has 1 aromatic carbocycles. The van der Waals surface area contributed by atoms with Crippen molar-refractivity contribution >= 4 is 45.5 Å². The minimum Gasteiger partial charge on any atom is -0.198 e. The molecular weight excluding hydrogens is 213 g/mol. The van der Waals surface area contributed by atoms with Gasteiger partial charge in [0.25, 0.3) is 0 Å². The van der Waals surface area contributed by atoms with Gasteiger partial charge in [-0.1, -0.05) is 28.1 Å². The van der Waals surface area contributed by atoms with Crippen LogP contribution in [0, 0.1) is 11.3 Å². The summed E-state index contributed by atoms with van der Waals surface area (Å²) in [4.78, 5) is 0. The molecule has 0 N–H and O–H groups in total. The monoisotopic (exact) mass is 218 g/mol. The van der Waals surface area contributed by atoms with Gasteiger partial charge in [-0.25, -0.2) is 0 Å². The van der Waals surface area contributed by atoms with Crippen LogP contribution in [0.4, 0.5) is 0 Å². The summed E-state index contributed by atoms with van der Waals surface area (Å²) >= 11 is 3.31. The van der Waals surface area contributed by atoms with E-state index in [0.717, 1.165) is 10.0 Å². The van der Waals surface area contributed by atoms with E-state index in [4.69, 9.17) is 5.26 Å². The molecule has 0 aliphatic rings. The van der Waals surface area contributed by atoms with Crippen molar-refractivity contribution < 1.29 is 0 Å². The zero-order chi connectivity index (χ0) is 7.40. The van der Waals surface area contributed by atoms with Crippen LogP contribution in [0.2, 0.25) is 0 Å². The molecule has 51 valence electrons. The Hall–Kier alpha value is 0.190. The molecule has 0 unspecified atom stereocenters. The third kappa shape index (κ3) is 3.93. The number of rotatable bonds is 1. The van der Waals surface area contributed by atoms with E-state index in [-0.39, 0.29) is 29.6 Å². The summed E-state index contributed by atoms with van der Waals surface area (Å²) in [5.41, 5.74) is 1.06. The van der Waals surface area contributed by atoms with E-state index >= 15 is 0 Å². The van der Waals surface area contributed by atoms with Crippen molar-refractivity contribution in [3.63, 3.8) is 0 Å². The average molecular weight is 219 g/mol. The van der Waals surface area contributed by atoms with Crippen molar-refractivity contribution in [3.8, 4) is 6.07 Å². The molecule has 0 saturated heterocycles. The molecule has 1 radical (unpaired) electrons. The molecule has 0 saturated carbocycles. The van der Waals surface area contributed by atoms with Crippen molar-refractivity contribution in [2.24, 2.45) is 0 Å². The Labute approximate surface area is 96.8 Å². The van der Waals surface area contributed by atoms with Crippen LogP contribution in [0.5, 0.6) is 0 Å². The predicted octanol–water partition coefficient (Wildman–Crippen LogP) is 2.13. The van der Waals surface area contributed by atoms with E-state index in [0.29, 0.717) is 6.42 Å². The maximum absolute atomic E-state index is 8.33. The topological polar surface area (TPSA) is 23.8 Å². The fraction of sp³-hybridized carbons (Fsp3) is 0.125. The second kappa shape index (κ2) is 5.79. The van der Waals surface area contributed by atoms with Gasteiger partial charge < -0.3 is 0 Å². The number of halogens is 1. The first kappa shape index (κ1) is 11.2. The Balaban J connectivity index is 0.000001000. The Bertz CT molecular complexity index is 250. The van der Waals surface area contributed by atoms with Crippen LogP contribution in [0.15, 0.2) is 28.7 Å². The molecule has 0 aliphatic heterocycles. The molecule has 0 bridgehead atoms. The molecule has 11 heavy (non-hydrogen) atoms. The summed E-state index contributed by atoms with van der Waals surface area (Å²) in [5.74, 6) is 0. The van der Waals surface area contributed by atoms with E-state index < -0.39 is 0 Å². The fourth-order valence-corrected chi connectivity index (χ4v) is 0.958. The van der Waals surface area contributed by atoms with E-state index in [1.807, 2.05) is 24.3 Å². The number of hydrogen-bond acceptors (Lipinski definition) is 1. The fourth-order valence-electron chi connectivity index (χ4n) is 0.694. The predicted molar refractivity (Wildman–Crippen MR) is 49.2 cm³/mol. The summed E-state index contributed by atoms with van der Waals surface area (Å²) in [6.45, 7) is 0. The van der Waals surface area contributed by atoms with Crippen LogP contribution in [-0.2, 0) is 6.42 Å². The summed E-state index contributed by atoms with van der Waals surface area (Å²) in [7, 11) is 0. The van der Waals surface area contributed by atoms with Gasteiger partial charge in [-0.2, -0.15) is 5.26 Å². The molecular formula is C8H6BrNNa. The van der Waals surface area contributed by atoms with Gasteiger partial charge >= 0.3 is 0 Å². The quantitative estimate of drug-likeness (QED) is 0.663. The normalized spacial score (nSPS) is 8.00. The Morgan fingerprint density at radius 1 is 1.27 bits per heavy atom. The minimum absolute atomic E-state index is 0. The number of hydrogen-bond donors (Lipinski definition) is 0. The van der Waals surface area contributed by atoms with E-state index in [9.17, 15) is 0 Å². The average Bonchev–Trinajstić information content (AvgIpc) is 1.95. The maximum atomic E-state index is 8.33. The van der Waals surface area contributed by atoms with Crippen LogP contribution in [0.25, 0.3) is 0 Å². The molecule has 0 fully saturated rings. The van der Waals surface area contributed by atoms with Crippen molar-refractivity contribution in [1.29, 1.82) is 5.26 Å². The van der Waals surface area contributed by atoms with Crippen LogP contribution in [-0.4, -0.2) is 29.6 Å². The van der Waals surface area contributed by atoms with Gasteiger partial charge in [0.2, 0.25) is 0 Å². The first-order chi connectivity index (χ1) is 4.83. The minimum atomic E-state index is 0. The first-order valence-corrected chi connectivity index (χ1v) is 3.73. The van der Waals surface area contributed by atoms with Gasteiger partial charge in [0.05, 0.1) is 12.5 Å². The molecule has 0 aromatic heterocycles. The van der Waals surface area contributed by atoms with Crippen LogP contribution >= 0.6 is 15.9 Å². The summed E-state index contributed by atoms with van der Waals surface area (Å²) < 4.78 is 1.05. The largest absolute Gasteiger partial charge is 0.198 e. The third-order valence-electron chi connectivity index (χ3n) is 1.20. The molecule has 0 heterocycles. The summed E-state index contributed by atoms with van der Waals surface area (Å²) in [5, 5.41) is 8.33. The number of nitrogens with zero attached hydrogens (tertiary/aromatic N) is 1. The summed E-state index contributed by atoms with van der Waals surface area (Å²) in [6, 6.07) is 9.84. The zero-order valence-electron chi connectivity index (χ0n) is 6.34. The van der Waals surface area contributed by atoms with E-state index in [1.54, 1.807) is 0 Å². The van der Waals surface area contributed by atoms with E-state index in [1.165, 1.54) is 0 Å². The van der Waals surface area contributed by atoms with Gasteiger partial charge in [0.15, 0.2) is 0 Å². The maximum Gasteiger partial charge on any atom is 0.0669 e. The van der Waals surface area contributed by atoms with Crippen molar-refractivity contribution in [2.75, 3.05) is 0 Å². The second-order valence-corrected chi connectivity index (χ2v) is 2.88. The Kier molecular flexibility index (Phi) is 5.89. The zero-order valence-corrected chi connectivity index (χ0v) is 9.93. The molecule has 0 atom stereocenters. The second-order valence-electron chi connectivity index (χ2n) is 1.96. The van der Waals surface area contributed by atoms with Crippen molar-refractivity contribution in [1.82, 2.24) is 0 Å². The summed E-state index contributed by atoms with van der Waals surface area (Å²) in [6.07, 6.45) is 0.493. The van der Waals surface area contributed by atoms with E-state index in [2.05, 4.69) is 22.0 Å². The van der Waals surface area contributed by atoms with Crippen molar-refractivity contribution in [2.45, 2.75) is 6.42 Å². The smallest absolute Gasteiger partial charge is 0.0669 e. The van der Waals surface area contributed by atoms with Gasteiger partial charge in [0, 0.05) is 34.0 Å². The molecule has 0 amide bonds. The van der Waals surface area contributed by atoms with Crippen LogP contribution in [0.3, 0.4) is 0 Å². The van der Waals surface area contributed by atoms with Crippen LogP contribution < -0.4 is 0 Å². The molecule has 1 rings (SSSR count).